The van der Waals surface area contributed by atoms with Gasteiger partial charge >= 0.3 is 0 Å². The third-order valence-electron chi connectivity index (χ3n) is 3.38. The molecule has 0 bridgehead atoms. The summed E-state index contributed by atoms with van der Waals surface area (Å²) in [5.41, 5.74) is 2.65. The van der Waals surface area contributed by atoms with Gasteiger partial charge in [0.05, 0.1) is 13.2 Å². The van der Waals surface area contributed by atoms with Crippen molar-refractivity contribution in [2.24, 2.45) is 0 Å². The molecule has 114 valence electrons. The average molecular weight is 278 g/mol. The molecular weight excluding hydrogens is 248 g/mol. The van der Waals surface area contributed by atoms with E-state index in [-0.39, 0.29) is 0 Å². The second-order valence-corrected chi connectivity index (χ2v) is 5.70. The first-order chi connectivity index (χ1) is 9.63. The van der Waals surface area contributed by atoms with Crippen LogP contribution >= 0.6 is 0 Å². The number of nitrogens with zero attached hydrogens (tertiary/aromatic N) is 1. The van der Waals surface area contributed by atoms with Crippen LogP contribution in [-0.4, -0.2) is 45.2 Å². The SMILES string of the molecule is CCCNCC(C)c1ccc(COCCN(C)C)cc1. The Morgan fingerprint density at radius 2 is 1.90 bits per heavy atom. The highest BCUT2D eigenvalue weighted by atomic mass is 16.5. The van der Waals surface area contributed by atoms with Gasteiger partial charge in [-0.1, -0.05) is 38.1 Å². The fourth-order valence-corrected chi connectivity index (χ4v) is 1.99. The molecule has 0 saturated carbocycles. The van der Waals surface area contributed by atoms with E-state index in [9.17, 15) is 0 Å². The first-order valence-corrected chi connectivity index (χ1v) is 7.65. The van der Waals surface area contributed by atoms with Gasteiger partial charge in [-0.3, -0.25) is 0 Å². The van der Waals surface area contributed by atoms with E-state index in [0.29, 0.717) is 12.5 Å². The Labute approximate surface area is 124 Å². The summed E-state index contributed by atoms with van der Waals surface area (Å²) in [4.78, 5) is 2.13. The van der Waals surface area contributed by atoms with E-state index in [1.165, 1.54) is 17.5 Å². The van der Waals surface area contributed by atoms with Crippen molar-refractivity contribution in [2.45, 2.75) is 32.8 Å². The van der Waals surface area contributed by atoms with Crippen LogP contribution in [-0.2, 0) is 11.3 Å². The van der Waals surface area contributed by atoms with Gasteiger partial charge in [-0.15, -0.1) is 0 Å². The predicted octanol–water partition coefficient (Wildman–Crippen LogP) is 2.87. The van der Waals surface area contributed by atoms with E-state index in [0.717, 1.165) is 26.2 Å². The van der Waals surface area contributed by atoms with Crippen molar-refractivity contribution < 1.29 is 4.74 Å². The molecular formula is C17H30N2O. The van der Waals surface area contributed by atoms with Gasteiger partial charge in [-0.05, 0) is 44.1 Å². The maximum absolute atomic E-state index is 5.66. The molecule has 0 spiro atoms. The van der Waals surface area contributed by atoms with Crippen molar-refractivity contribution in [3.8, 4) is 0 Å². The molecule has 0 saturated heterocycles. The fourth-order valence-electron chi connectivity index (χ4n) is 1.99. The normalized spacial score (nSPS) is 12.8. The molecule has 0 aromatic heterocycles. The zero-order valence-corrected chi connectivity index (χ0v) is 13.5. The number of nitrogens with one attached hydrogen (secondary N) is 1. The Bertz CT molecular complexity index is 349. The van der Waals surface area contributed by atoms with Gasteiger partial charge < -0.3 is 15.0 Å². The maximum atomic E-state index is 5.66. The minimum atomic E-state index is 0.560. The molecule has 1 rings (SSSR count). The predicted molar refractivity (Wildman–Crippen MR) is 86.2 cm³/mol. The van der Waals surface area contributed by atoms with Crippen molar-refractivity contribution in [3.63, 3.8) is 0 Å². The van der Waals surface area contributed by atoms with Crippen LogP contribution in [0.15, 0.2) is 24.3 Å². The van der Waals surface area contributed by atoms with Crippen LogP contribution in [0.2, 0.25) is 0 Å². The molecule has 1 aromatic carbocycles. The van der Waals surface area contributed by atoms with Gasteiger partial charge in [0.15, 0.2) is 0 Å². The molecule has 0 aliphatic heterocycles. The summed E-state index contributed by atoms with van der Waals surface area (Å²) in [6.45, 7) is 9.07. The highest BCUT2D eigenvalue weighted by Crippen LogP contribution is 2.15. The van der Waals surface area contributed by atoms with Gasteiger partial charge in [-0.2, -0.15) is 0 Å². The van der Waals surface area contributed by atoms with Gasteiger partial charge in [0, 0.05) is 13.1 Å². The lowest BCUT2D eigenvalue weighted by Gasteiger charge is -2.14. The zero-order chi connectivity index (χ0) is 14.8. The first kappa shape index (κ1) is 17.2. The summed E-state index contributed by atoms with van der Waals surface area (Å²) in [5.74, 6) is 0.560. The third-order valence-corrected chi connectivity index (χ3v) is 3.38. The van der Waals surface area contributed by atoms with Crippen LogP contribution in [0.4, 0.5) is 0 Å². The summed E-state index contributed by atoms with van der Waals surface area (Å²) in [6, 6.07) is 8.81. The van der Waals surface area contributed by atoms with Gasteiger partial charge in [-0.25, -0.2) is 0 Å². The summed E-state index contributed by atoms with van der Waals surface area (Å²) in [6.07, 6.45) is 1.19. The first-order valence-electron chi connectivity index (χ1n) is 7.65. The summed E-state index contributed by atoms with van der Waals surface area (Å²) >= 11 is 0. The Morgan fingerprint density at radius 1 is 1.20 bits per heavy atom. The second-order valence-electron chi connectivity index (χ2n) is 5.70. The molecule has 20 heavy (non-hydrogen) atoms. The molecule has 0 radical (unpaired) electrons. The minimum absolute atomic E-state index is 0.560. The third kappa shape index (κ3) is 7.04. The van der Waals surface area contributed by atoms with Crippen molar-refractivity contribution in [1.29, 1.82) is 0 Å². The molecule has 0 aliphatic rings. The smallest absolute Gasteiger partial charge is 0.0717 e. The van der Waals surface area contributed by atoms with Crippen LogP contribution < -0.4 is 5.32 Å². The summed E-state index contributed by atoms with van der Waals surface area (Å²) in [5, 5.41) is 3.47. The average Bonchev–Trinajstić information content (AvgIpc) is 2.44. The molecule has 0 amide bonds. The lowest BCUT2D eigenvalue weighted by atomic mass is 10.00. The van der Waals surface area contributed by atoms with E-state index < -0.39 is 0 Å². The Balaban J connectivity index is 2.32. The van der Waals surface area contributed by atoms with Crippen LogP contribution in [0.1, 0.15) is 37.3 Å². The van der Waals surface area contributed by atoms with Gasteiger partial charge in [0.25, 0.3) is 0 Å². The van der Waals surface area contributed by atoms with E-state index >= 15 is 0 Å². The maximum Gasteiger partial charge on any atom is 0.0717 e. The molecule has 1 unspecified atom stereocenters. The molecule has 1 N–H and O–H groups in total. The fraction of sp³-hybridized carbons (Fsp3) is 0.647. The summed E-state index contributed by atoms with van der Waals surface area (Å²) in [7, 11) is 4.12. The number of benzene rings is 1. The molecule has 3 heteroatoms. The number of hydrogen-bond acceptors (Lipinski definition) is 3. The molecule has 1 aromatic rings. The molecule has 3 nitrogen and oxygen atoms in total. The highest BCUT2D eigenvalue weighted by molar-refractivity contribution is 5.24. The van der Waals surface area contributed by atoms with E-state index in [4.69, 9.17) is 4.74 Å². The lowest BCUT2D eigenvalue weighted by molar-refractivity contribution is 0.105. The van der Waals surface area contributed by atoms with Crippen LogP contribution in [0, 0.1) is 0 Å². The van der Waals surface area contributed by atoms with Crippen molar-refractivity contribution in [2.75, 3.05) is 40.3 Å². The largest absolute Gasteiger partial charge is 0.375 e. The van der Waals surface area contributed by atoms with Crippen LogP contribution in [0.5, 0.6) is 0 Å². The van der Waals surface area contributed by atoms with Crippen LogP contribution in [0.25, 0.3) is 0 Å². The molecule has 0 fully saturated rings. The topological polar surface area (TPSA) is 24.5 Å². The Hall–Kier alpha value is -0.900. The number of hydrogen-bond donors (Lipinski definition) is 1. The standard InChI is InChI=1S/C17H30N2O/c1-5-10-18-13-15(2)17-8-6-16(7-9-17)14-20-12-11-19(3)4/h6-9,15,18H,5,10-14H2,1-4H3. The van der Waals surface area contributed by atoms with E-state index in [2.05, 4.69) is 62.4 Å². The van der Waals surface area contributed by atoms with E-state index in [1.807, 2.05) is 0 Å². The number of rotatable bonds is 10. The van der Waals surface area contributed by atoms with Crippen molar-refractivity contribution in [1.82, 2.24) is 10.2 Å². The Morgan fingerprint density at radius 3 is 2.50 bits per heavy atom. The zero-order valence-electron chi connectivity index (χ0n) is 13.5. The molecule has 0 aliphatic carbocycles. The minimum Gasteiger partial charge on any atom is -0.375 e. The van der Waals surface area contributed by atoms with Gasteiger partial charge in [0.1, 0.15) is 0 Å². The second kappa shape index (κ2) is 9.92. The van der Waals surface area contributed by atoms with Crippen molar-refractivity contribution in [3.05, 3.63) is 35.4 Å². The van der Waals surface area contributed by atoms with Crippen molar-refractivity contribution >= 4 is 0 Å². The number of likely N-dealkylation sites (N-methyl/N-ethyl adjacent to an activating group) is 1. The lowest BCUT2D eigenvalue weighted by Crippen LogP contribution is -2.20. The van der Waals surface area contributed by atoms with Gasteiger partial charge in [0.2, 0.25) is 0 Å². The quantitative estimate of drug-likeness (QED) is 0.666. The highest BCUT2D eigenvalue weighted by Gasteiger charge is 2.04. The molecule has 1 atom stereocenters. The summed E-state index contributed by atoms with van der Waals surface area (Å²) < 4.78 is 5.66. The van der Waals surface area contributed by atoms with Crippen LogP contribution in [0.3, 0.4) is 0 Å². The monoisotopic (exact) mass is 278 g/mol. The number of ether oxygens (including phenoxy) is 1. The Kier molecular flexibility index (Phi) is 8.51. The molecule has 0 heterocycles. The van der Waals surface area contributed by atoms with E-state index in [1.54, 1.807) is 0 Å².